The van der Waals surface area contributed by atoms with Crippen molar-refractivity contribution in [2.24, 2.45) is 5.73 Å². The summed E-state index contributed by atoms with van der Waals surface area (Å²) < 4.78 is 5.18. The minimum absolute atomic E-state index is 0.169. The monoisotopic (exact) mass is 264 g/mol. The Morgan fingerprint density at radius 1 is 1.32 bits per heavy atom. The highest BCUT2D eigenvalue weighted by molar-refractivity contribution is 5.71. The van der Waals surface area contributed by atoms with Crippen LogP contribution < -0.4 is 5.73 Å². The van der Waals surface area contributed by atoms with E-state index in [-0.39, 0.29) is 5.97 Å². The van der Waals surface area contributed by atoms with Crippen LogP contribution in [0.1, 0.15) is 25.3 Å². The standard InChI is InChI=1S/C15H24N2O2/c1-2-3-11-19-15(18)13-17(10-9-16)12-14-7-5-4-6-8-14/h4-8H,2-3,9-13,16H2,1H3. The Hall–Kier alpha value is -1.39. The van der Waals surface area contributed by atoms with Gasteiger partial charge < -0.3 is 10.5 Å². The highest BCUT2D eigenvalue weighted by Gasteiger charge is 2.11. The molecule has 0 spiro atoms. The Morgan fingerprint density at radius 3 is 2.68 bits per heavy atom. The predicted octanol–water partition coefficient (Wildman–Crippen LogP) is 1.79. The number of carbonyl (C=O) groups excluding carboxylic acids is 1. The van der Waals surface area contributed by atoms with Crippen LogP contribution in [0.5, 0.6) is 0 Å². The molecule has 0 aliphatic rings. The van der Waals surface area contributed by atoms with Crippen molar-refractivity contribution >= 4 is 5.97 Å². The van der Waals surface area contributed by atoms with E-state index in [4.69, 9.17) is 10.5 Å². The van der Waals surface area contributed by atoms with Crippen molar-refractivity contribution in [2.75, 3.05) is 26.2 Å². The molecule has 0 heterocycles. The summed E-state index contributed by atoms with van der Waals surface area (Å²) in [4.78, 5) is 13.7. The van der Waals surface area contributed by atoms with Crippen LogP contribution in [0.3, 0.4) is 0 Å². The number of rotatable bonds is 9. The van der Waals surface area contributed by atoms with Gasteiger partial charge in [-0.05, 0) is 12.0 Å². The summed E-state index contributed by atoms with van der Waals surface area (Å²) in [6, 6.07) is 10.1. The van der Waals surface area contributed by atoms with Gasteiger partial charge in [0.15, 0.2) is 0 Å². The van der Waals surface area contributed by atoms with Crippen LogP contribution >= 0.6 is 0 Å². The van der Waals surface area contributed by atoms with Crippen molar-refractivity contribution in [3.63, 3.8) is 0 Å². The molecule has 2 N–H and O–H groups in total. The Morgan fingerprint density at radius 2 is 2.05 bits per heavy atom. The number of benzene rings is 1. The Labute approximate surface area is 115 Å². The number of nitrogens with zero attached hydrogens (tertiary/aromatic N) is 1. The van der Waals surface area contributed by atoms with Crippen molar-refractivity contribution in [1.29, 1.82) is 0 Å². The van der Waals surface area contributed by atoms with Crippen LogP contribution in [0.15, 0.2) is 30.3 Å². The van der Waals surface area contributed by atoms with Crippen molar-refractivity contribution in [2.45, 2.75) is 26.3 Å². The van der Waals surface area contributed by atoms with Crippen molar-refractivity contribution in [1.82, 2.24) is 4.90 Å². The normalized spacial score (nSPS) is 10.7. The van der Waals surface area contributed by atoms with E-state index in [0.29, 0.717) is 26.2 Å². The zero-order valence-electron chi connectivity index (χ0n) is 11.7. The summed E-state index contributed by atoms with van der Waals surface area (Å²) in [6.45, 7) is 4.84. The molecule has 0 saturated heterocycles. The number of esters is 1. The van der Waals surface area contributed by atoms with E-state index < -0.39 is 0 Å². The fourth-order valence-electron chi connectivity index (χ4n) is 1.80. The van der Waals surface area contributed by atoms with Gasteiger partial charge in [0.25, 0.3) is 0 Å². The number of unbranched alkanes of at least 4 members (excludes halogenated alkanes) is 1. The molecule has 0 atom stereocenters. The average molecular weight is 264 g/mol. The van der Waals surface area contributed by atoms with Crippen LogP contribution in [-0.2, 0) is 16.1 Å². The summed E-state index contributed by atoms with van der Waals surface area (Å²) in [5.74, 6) is -0.169. The maximum Gasteiger partial charge on any atom is 0.320 e. The minimum Gasteiger partial charge on any atom is -0.465 e. The zero-order valence-corrected chi connectivity index (χ0v) is 11.7. The maximum atomic E-state index is 11.7. The number of hydrogen-bond acceptors (Lipinski definition) is 4. The van der Waals surface area contributed by atoms with Crippen molar-refractivity contribution in [3.8, 4) is 0 Å². The summed E-state index contributed by atoms with van der Waals surface area (Å²) in [5.41, 5.74) is 6.76. The topological polar surface area (TPSA) is 55.6 Å². The highest BCUT2D eigenvalue weighted by Crippen LogP contribution is 2.04. The largest absolute Gasteiger partial charge is 0.465 e. The zero-order chi connectivity index (χ0) is 13.9. The highest BCUT2D eigenvalue weighted by atomic mass is 16.5. The van der Waals surface area contributed by atoms with Crippen LogP contribution in [0, 0.1) is 0 Å². The van der Waals surface area contributed by atoms with Gasteiger partial charge in [-0.25, -0.2) is 0 Å². The van der Waals surface area contributed by atoms with E-state index in [1.807, 2.05) is 35.2 Å². The summed E-state index contributed by atoms with van der Waals surface area (Å²) in [7, 11) is 0. The third-order valence-corrected chi connectivity index (χ3v) is 2.81. The molecular weight excluding hydrogens is 240 g/mol. The number of nitrogens with two attached hydrogens (primary N) is 1. The molecule has 0 radical (unpaired) electrons. The molecule has 19 heavy (non-hydrogen) atoms. The molecule has 4 nitrogen and oxygen atoms in total. The van der Waals surface area contributed by atoms with Crippen LogP contribution in [-0.4, -0.2) is 37.1 Å². The molecule has 1 rings (SSSR count). The molecule has 106 valence electrons. The Bertz CT molecular complexity index is 354. The molecule has 1 aromatic rings. The molecule has 0 fully saturated rings. The average Bonchev–Trinajstić information content (AvgIpc) is 2.40. The van der Waals surface area contributed by atoms with Crippen molar-refractivity contribution < 1.29 is 9.53 Å². The number of carbonyl (C=O) groups is 1. The minimum atomic E-state index is -0.169. The summed E-state index contributed by atoms with van der Waals surface area (Å²) in [5, 5.41) is 0. The first-order chi connectivity index (χ1) is 9.26. The van der Waals surface area contributed by atoms with E-state index in [2.05, 4.69) is 6.92 Å². The van der Waals surface area contributed by atoms with Gasteiger partial charge >= 0.3 is 5.97 Å². The molecule has 0 saturated carbocycles. The molecule has 0 unspecified atom stereocenters. The molecule has 1 aromatic carbocycles. The van der Waals surface area contributed by atoms with Gasteiger partial charge in [0.05, 0.1) is 13.2 Å². The quantitative estimate of drug-likeness (QED) is 0.546. The van der Waals surface area contributed by atoms with Crippen LogP contribution in [0.25, 0.3) is 0 Å². The Kier molecular flexibility index (Phi) is 7.86. The first-order valence-electron chi connectivity index (χ1n) is 6.88. The lowest BCUT2D eigenvalue weighted by atomic mass is 10.2. The third kappa shape index (κ3) is 6.94. The molecule has 0 aromatic heterocycles. The Balaban J connectivity index is 2.41. The van der Waals surface area contributed by atoms with Crippen LogP contribution in [0.4, 0.5) is 0 Å². The first kappa shape index (κ1) is 15.7. The third-order valence-electron chi connectivity index (χ3n) is 2.81. The van der Waals surface area contributed by atoms with E-state index in [9.17, 15) is 4.79 Å². The molecule has 0 aliphatic carbocycles. The van der Waals surface area contributed by atoms with Gasteiger partial charge in [0.2, 0.25) is 0 Å². The molecular formula is C15H24N2O2. The van der Waals surface area contributed by atoms with Gasteiger partial charge in [0, 0.05) is 19.6 Å². The smallest absolute Gasteiger partial charge is 0.320 e. The van der Waals surface area contributed by atoms with Gasteiger partial charge in [-0.15, -0.1) is 0 Å². The van der Waals surface area contributed by atoms with E-state index in [0.717, 1.165) is 19.4 Å². The fraction of sp³-hybridized carbons (Fsp3) is 0.533. The lowest BCUT2D eigenvalue weighted by Gasteiger charge is -2.20. The molecule has 0 bridgehead atoms. The summed E-state index contributed by atoms with van der Waals surface area (Å²) >= 11 is 0. The number of hydrogen-bond donors (Lipinski definition) is 1. The van der Waals surface area contributed by atoms with E-state index >= 15 is 0 Å². The lowest BCUT2D eigenvalue weighted by Crippen LogP contribution is -2.34. The first-order valence-corrected chi connectivity index (χ1v) is 6.88. The van der Waals surface area contributed by atoms with Crippen molar-refractivity contribution in [3.05, 3.63) is 35.9 Å². The lowest BCUT2D eigenvalue weighted by molar-refractivity contribution is -0.145. The van der Waals surface area contributed by atoms with E-state index in [1.165, 1.54) is 5.56 Å². The van der Waals surface area contributed by atoms with E-state index in [1.54, 1.807) is 0 Å². The maximum absolute atomic E-state index is 11.7. The molecule has 0 aliphatic heterocycles. The van der Waals surface area contributed by atoms with Crippen LogP contribution in [0.2, 0.25) is 0 Å². The van der Waals surface area contributed by atoms with Gasteiger partial charge in [0.1, 0.15) is 0 Å². The number of ether oxygens (including phenoxy) is 1. The second-order valence-electron chi connectivity index (χ2n) is 4.56. The van der Waals surface area contributed by atoms with Gasteiger partial charge in [-0.1, -0.05) is 43.7 Å². The SMILES string of the molecule is CCCCOC(=O)CN(CCN)Cc1ccccc1. The molecule has 4 heteroatoms. The second kappa shape index (κ2) is 9.53. The fourth-order valence-corrected chi connectivity index (χ4v) is 1.80. The van der Waals surface area contributed by atoms with Gasteiger partial charge in [-0.3, -0.25) is 9.69 Å². The molecule has 0 amide bonds. The van der Waals surface area contributed by atoms with Gasteiger partial charge in [-0.2, -0.15) is 0 Å². The second-order valence-corrected chi connectivity index (χ2v) is 4.56. The summed E-state index contributed by atoms with van der Waals surface area (Å²) in [6.07, 6.45) is 1.95. The predicted molar refractivity (Wildman–Crippen MR) is 76.6 cm³/mol.